The van der Waals surface area contributed by atoms with Gasteiger partial charge >= 0.3 is 0 Å². The fourth-order valence-corrected chi connectivity index (χ4v) is 3.57. The van der Waals surface area contributed by atoms with Gasteiger partial charge in [0, 0.05) is 10.2 Å². The molecule has 0 N–H and O–H groups in total. The number of alkyl halides is 2. The minimum atomic E-state index is 0.401. The van der Waals surface area contributed by atoms with Crippen LogP contribution in [0.3, 0.4) is 0 Å². The Hall–Kier alpha value is 0.700. The summed E-state index contributed by atoms with van der Waals surface area (Å²) in [4.78, 5) is 0.609. The largest absolute Gasteiger partial charge is 0.0880 e. The van der Waals surface area contributed by atoms with Gasteiger partial charge in [-0.15, -0.1) is 0 Å². The molecule has 0 spiro atoms. The summed E-state index contributed by atoms with van der Waals surface area (Å²) >= 11 is 7.28. The minimum Gasteiger partial charge on any atom is -0.0880 e. The zero-order valence-electron chi connectivity index (χ0n) is 7.95. The zero-order valence-corrected chi connectivity index (χ0v) is 11.1. The van der Waals surface area contributed by atoms with Crippen LogP contribution >= 0.6 is 31.9 Å². The van der Waals surface area contributed by atoms with Crippen molar-refractivity contribution in [2.45, 2.75) is 38.4 Å². The van der Waals surface area contributed by atoms with E-state index in [1.807, 2.05) is 0 Å². The van der Waals surface area contributed by atoms with Gasteiger partial charge in [-0.05, 0) is 25.2 Å². The van der Waals surface area contributed by atoms with E-state index in [0.717, 1.165) is 5.33 Å². The first-order chi connectivity index (χ1) is 5.49. The quantitative estimate of drug-likeness (QED) is 0.500. The molecule has 0 bridgehead atoms. The molecule has 12 heavy (non-hydrogen) atoms. The topological polar surface area (TPSA) is 0 Å². The Morgan fingerprint density at radius 2 is 2.08 bits per heavy atom. The molecule has 0 saturated carbocycles. The maximum Gasteiger partial charge on any atom is 0.0355 e. The lowest BCUT2D eigenvalue weighted by Gasteiger charge is -2.36. The standard InChI is InChI=1S/C10H16Br2/c1-7-8(6-11)10(2,3)5-4-9(7)12/h9H,4-6H2,1-3H3/t9-/m0/s1. The first-order valence-electron chi connectivity index (χ1n) is 4.39. The average Bonchev–Trinajstić information content (AvgIpc) is 1.99. The van der Waals surface area contributed by atoms with Crippen molar-refractivity contribution in [1.82, 2.24) is 0 Å². The van der Waals surface area contributed by atoms with Crippen LogP contribution in [0.5, 0.6) is 0 Å². The summed E-state index contributed by atoms with van der Waals surface area (Å²) in [6, 6.07) is 0. The van der Waals surface area contributed by atoms with Crippen LogP contribution in [0.4, 0.5) is 0 Å². The Bertz CT molecular complexity index is 204. The van der Waals surface area contributed by atoms with Crippen molar-refractivity contribution in [2.75, 3.05) is 5.33 Å². The van der Waals surface area contributed by atoms with Gasteiger partial charge in [-0.3, -0.25) is 0 Å². The van der Waals surface area contributed by atoms with Crippen molar-refractivity contribution in [3.05, 3.63) is 11.1 Å². The second-order valence-electron chi connectivity index (χ2n) is 4.19. The second kappa shape index (κ2) is 3.83. The monoisotopic (exact) mass is 294 g/mol. The molecule has 0 saturated heterocycles. The normalized spacial score (nSPS) is 29.2. The third-order valence-corrected chi connectivity index (χ3v) is 4.62. The van der Waals surface area contributed by atoms with Crippen LogP contribution in [0.15, 0.2) is 11.1 Å². The van der Waals surface area contributed by atoms with E-state index in [1.165, 1.54) is 18.4 Å². The van der Waals surface area contributed by atoms with E-state index in [-0.39, 0.29) is 0 Å². The summed E-state index contributed by atoms with van der Waals surface area (Å²) < 4.78 is 0. The van der Waals surface area contributed by atoms with Crippen LogP contribution in [0.2, 0.25) is 0 Å². The van der Waals surface area contributed by atoms with E-state index in [9.17, 15) is 0 Å². The number of rotatable bonds is 1. The highest BCUT2D eigenvalue weighted by Gasteiger charge is 2.31. The lowest BCUT2D eigenvalue weighted by Crippen LogP contribution is -2.26. The Labute approximate surface area is 92.1 Å². The van der Waals surface area contributed by atoms with E-state index in [0.29, 0.717) is 10.2 Å². The van der Waals surface area contributed by atoms with E-state index in [4.69, 9.17) is 0 Å². The molecule has 0 amide bonds. The first kappa shape index (κ1) is 10.8. The molecule has 70 valence electrons. The third-order valence-electron chi connectivity index (χ3n) is 2.92. The molecule has 2 heteroatoms. The van der Waals surface area contributed by atoms with Gasteiger partial charge < -0.3 is 0 Å². The molecule has 0 aromatic heterocycles. The molecule has 1 aliphatic carbocycles. The van der Waals surface area contributed by atoms with Crippen LogP contribution < -0.4 is 0 Å². The van der Waals surface area contributed by atoms with Crippen molar-refractivity contribution in [1.29, 1.82) is 0 Å². The van der Waals surface area contributed by atoms with E-state index in [2.05, 4.69) is 52.6 Å². The number of hydrogen-bond donors (Lipinski definition) is 0. The molecule has 0 aromatic rings. The van der Waals surface area contributed by atoms with Crippen molar-refractivity contribution in [3.8, 4) is 0 Å². The molecule has 0 nitrogen and oxygen atoms in total. The number of hydrogen-bond acceptors (Lipinski definition) is 0. The van der Waals surface area contributed by atoms with Crippen LogP contribution in [0, 0.1) is 5.41 Å². The highest BCUT2D eigenvalue weighted by molar-refractivity contribution is 9.09. The summed E-state index contributed by atoms with van der Waals surface area (Å²) in [5.74, 6) is 0. The highest BCUT2D eigenvalue weighted by atomic mass is 79.9. The minimum absolute atomic E-state index is 0.401. The predicted molar refractivity (Wildman–Crippen MR) is 62.2 cm³/mol. The number of allylic oxidation sites excluding steroid dienone is 2. The van der Waals surface area contributed by atoms with Gasteiger partial charge in [0.25, 0.3) is 0 Å². The molecule has 0 unspecified atom stereocenters. The summed E-state index contributed by atoms with van der Waals surface area (Å²) in [7, 11) is 0. The highest BCUT2D eigenvalue weighted by Crippen LogP contribution is 2.42. The Morgan fingerprint density at radius 1 is 1.50 bits per heavy atom. The summed E-state index contributed by atoms with van der Waals surface area (Å²) in [6.45, 7) is 6.93. The molecule has 0 aliphatic heterocycles. The Balaban J connectivity index is 3.01. The maximum absolute atomic E-state index is 3.71. The van der Waals surface area contributed by atoms with Crippen molar-refractivity contribution in [3.63, 3.8) is 0 Å². The number of halogens is 2. The van der Waals surface area contributed by atoms with E-state index < -0.39 is 0 Å². The molecular weight excluding hydrogens is 280 g/mol. The SMILES string of the molecule is CC1=C(CBr)C(C)(C)CC[C@@H]1Br. The molecule has 0 aromatic carbocycles. The summed E-state index contributed by atoms with van der Waals surface area (Å²) in [5, 5.41) is 1.02. The zero-order chi connectivity index (χ0) is 9.35. The van der Waals surface area contributed by atoms with Gasteiger partial charge in [-0.25, -0.2) is 0 Å². The molecule has 0 radical (unpaired) electrons. The molecule has 1 atom stereocenters. The predicted octanol–water partition coefficient (Wildman–Crippen LogP) is 4.28. The summed E-state index contributed by atoms with van der Waals surface area (Å²) in [6.07, 6.45) is 2.57. The second-order valence-corrected chi connectivity index (χ2v) is 5.85. The average molecular weight is 296 g/mol. The smallest absolute Gasteiger partial charge is 0.0355 e. The fraction of sp³-hybridized carbons (Fsp3) is 0.800. The maximum atomic E-state index is 3.71. The van der Waals surface area contributed by atoms with Gasteiger partial charge in [0.15, 0.2) is 0 Å². The fourth-order valence-electron chi connectivity index (χ4n) is 1.86. The Kier molecular flexibility index (Phi) is 3.44. The van der Waals surface area contributed by atoms with Gasteiger partial charge in [-0.1, -0.05) is 56.9 Å². The van der Waals surface area contributed by atoms with Gasteiger partial charge in [0.1, 0.15) is 0 Å². The van der Waals surface area contributed by atoms with Crippen LogP contribution in [0.1, 0.15) is 33.6 Å². The third kappa shape index (κ3) is 1.95. The molecule has 0 heterocycles. The van der Waals surface area contributed by atoms with Crippen LogP contribution in [-0.4, -0.2) is 10.2 Å². The van der Waals surface area contributed by atoms with Gasteiger partial charge in [-0.2, -0.15) is 0 Å². The summed E-state index contributed by atoms with van der Waals surface area (Å²) in [5.41, 5.74) is 3.51. The van der Waals surface area contributed by atoms with E-state index >= 15 is 0 Å². The van der Waals surface area contributed by atoms with Crippen LogP contribution in [0.25, 0.3) is 0 Å². The van der Waals surface area contributed by atoms with Crippen molar-refractivity contribution < 1.29 is 0 Å². The molecule has 1 rings (SSSR count). The molecule has 0 fully saturated rings. The first-order valence-corrected chi connectivity index (χ1v) is 6.43. The lowest BCUT2D eigenvalue weighted by molar-refractivity contribution is 0.374. The lowest BCUT2D eigenvalue weighted by atomic mass is 9.73. The van der Waals surface area contributed by atoms with Gasteiger partial charge in [0.05, 0.1) is 0 Å². The van der Waals surface area contributed by atoms with Crippen molar-refractivity contribution in [2.24, 2.45) is 5.41 Å². The molecule has 1 aliphatic rings. The van der Waals surface area contributed by atoms with E-state index in [1.54, 1.807) is 5.57 Å². The van der Waals surface area contributed by atoms with Crippen LogP contribution in [-0.2, 0) is 0 Å². The molecular formula is C10H16Br2. The van der Waals surface area contributed by atoms with Gasteiger partial charge in [0.2, 0.25) is 0 Å². The Morgan fingerprint density at radius 3 is 2.50 bits per heavy atom. The van der Waals surface area contributed by atoms with Crippen molar-refractivity contribution >= 4 is 31.9 Å².